The van der Waals surface area contributed by atoms with Gasteiger partial charge in [-0.25, -0.2) is 9.97 Å². The third-order valence-electron chi connectivity index (χ3n) is 5.76. The standard InChI is InChI=1S/C23H27N5O/c1-15-9-17(27-22-11-21(24)25-14-26-22)10-20-19(15)13-28(23(20,2)3)12-16-5-7-18(29-4)8-6-16/h5-11,14H,12-13H2,1-4H3,(H3,24,25,26,27). The SMILES string of the molecule is COc1ccc(CN2Cc3c(C)cc(Nc4cc(N)ncn4)cc3C2(C)C)cc1. The molecular formula is C23H27N5O. The molecule has 0 bridgehead atoms. The van der Waals surface area contributed by atoms with Gasteiger partial charge in [-0.1, -0.05) is 12.1 Å². The number of aryl methyl sites for hydroxylation is 1. The topological polar surface area (TPSA) is 76.3 Å². The lowest BCUT2D eigenvalue weighted by atomic mass is 9.91. The quantitative estimate of drug-likeness (QED) is 0.675. The van der Waals surface area contributed by atoms with Crippen LogP contribution in [0.2, 0.25) is 0 Å². The van der Waals surface area contributed by atoms with Crippen molar-refractivity contribution in [2.24, 2.45) is 0 Å². The molecule has 1 aliphatic heterocycles. The van der Waals surface area contributed by atoms with Gasteiger partial charge in [0.1, 0.15) is 23.7 Å². The Labute approximate surface area is 171 Å². The first-order chi connectivity index (χ1) is 13.9. The molecule has 0 aliphatic carbocycles. The smallest absolute Gasteiger partial charge is 0.135 e. The molecule has 6 nitrogen and oxygen atoms in total. The summed E-state index contributed by atoms with van der Waals surface area (Å²) in [6.45, 7) is 8.56. The number of methoxy groups -OCH3 is 1. The average Bonchev–Trinajstić information content (AvgIpc) is 2.93. The van der Waals surface area contributed by atoms with Crippen molar-refractivity contribution in [3.8, 4) is 5.75 Å². The van der Waals surface area contributed by atoms with E-state index in [9.17, 15) is 0 Å². The van der Waals surface area contributed by atoms with Gasteiger partial charge in [-0.15, -0.1) is 0 Å². The fourth-order valence-electron chi connectivity index (χ4n) is 4.00. The van der Waals surface area contributed by atoms with Gasteiger partial charge in [0.25, 0.3) is 0 Å². The van der Waals surface area contributed by atoms with E-state index >= 15 is 0 Å². The maximum absolute atomic E-state index is 5.78. The molecule has 1 aromatic heterocycles. The molecule has 3 aromatic rings. The molecule has 3 N–H and O–H groups in total. The zero-order valence-electron chi connectivity index (χ0n) is 17.4. The number of nitrogens with zero attached hydrogens (tertiary/aromatic N) is 3. The Hall–Kier alpha value is -3.12. The Morgan fingerprint density at radius 1 is 1.14 bits per heavy atom. The summed E-state index contributed by atoms with van der Waals surface area (Å²) in [5.41, 5.74) is 12.0. The van der Waals surface area contributed by atoms with Gasteiger partial charge >= 0.3 is 0 Å². The molecule has 0 radical (unpaired) electrons. The monoisotopic (exact) mass is 389 g/mol. The fourth-order valence-corrected chi connectivity index (χ4v) is 4.00. The molecule has 0 saturated heterocycles. The zero-order chi connectivity index (χ0) is 20.6. The van der Waals surface area contributed by atoms with Gasteiger partial charge < -0.3 is 15.8 Å². The van der Waals surface area contributed by atoms with Crippen LogP contribution in [0.4, 0.5) is 17.3 Å². The number of rotatable bonds is 5. The molecule has 0 amide bonds. The number of fused-ring (bicyclic) bond motifs is 1. The Morgan fingerprint density at radius 3 is 2.59 bits per heavy atom. The molecule has 0 atom stereocenters. The summed E-state index contributed by atoms with van der Waals surface area (Å²) in [7, 11) is 1.69. The molecule has 6 heteroatoms. The van der Waals surface area contributed by atoms with E-state index in [1.165, 1.54) is 28.6 Å². The van der Waals surface area contributed by atoms with Gasteiger partial charge in [-0.2, -0.15) is 0 Å². The minimum Gasteiger partial charge on any atom is -0.497 e. The molecule has 0 unspecified atom stereocenters. The van der Waals surface area contributed by atoms with Crippen molar-refractivity contribution < 1.29 is 4.74 Å². The number of anilines is 3. The Morgan fingerprint density at radius 2 is 1.90 bits per heavy atom. The lowest BCUT2D eigenvalue weighted by Crippen LogP contribution is -2.34. The van der Waals surface area contributed by atoms with E-state index in [0.717, 1.165) is 24.5 Å². The molecule has 0 spiro atoms. The van der Waals surface area contributed by atoms with Crippen LogP contribution in [-0.4, -0.2) is 22.0 Å². The fraction of sp³-hybridized carbons (Fsp3) is 0.304. The maximum Gasteiger partial charge on any atom is 0.135 e. The van der Waals surface area contributed by atoms with E-state index in [4.69, 9.17) is 10.5 Å². The minimum atomic E-state index is -0.0809. The summed E-state index contributed by atoms with van der Waals surface area (Å²) >= 11 is 0. The van der Waals surface area contributed by atoms with Crippen molar-refractivity contribution in [1.29, 1.82) is 0 Å². The van der Waals surface area contributed by atoms with Gasteiger partial charge in [-0.05, 0) is 67.3 Å². The second-order valence-corrected chi connectivity index (χ2v) is 8.04. The molecule has 4 rings (SSSR count). The van der Waals surface area contributed by atoms with Crippen molar-refractivity contribution in [2.45, 2.75) is 39.4 Å². The van der Waals surface area contributed by atoms with Crippen molar-refractivity contribution in [3.05, 3.63) is 71.0 Å². The normalized spacial score (nSPS) is 15.2. The molecule has 2 aromatic carbocycles. The third-order valence-corrected chi connectivity index (χ3v) is 5.76. The number of nitrogens with one attached hydrogen (secondary N) is 1. The molecule has 2 heterocycles. The predicted molar refractivity (Wildman–Crippen MR) is 116 cm³/mol. The lowest BCUT2D eigenvalue weighted by molar-refractivity contribution is 0.128. The summed E-state index contributed by atoms with van der Waals surface area (Å²) < 4.78 is 5.28. The van der Waals surface area contributed by atoms with E-state index in [-0.39, 0.29) is 5.54 Å². The summed E-state index contributed by atoms with van der Waals surface area (Å²) in [5, 5.41) is 3.37. The van der Waals surface area contributed by atoms with Crippen LogP contribution in [0, 0.1) is 6.92 Å². The summed E-state index contributed by atoms with van der Waals surface area (Å²) in [6, 6.07) is 14.5. The van der Waals surface area contributed by atoms with E-state index in [2.05, 4.69) is 65.2 Å². The van der Waals surface area contributed by atoms with Crippen LogP contribution in [0.25, 0.3) is 0 Å². The highest BCUT2D eigenvalue weighted by atomic mass is 16.5. The first kappa shape index (κ1) is 19.2. The summed E-state index contributed by atoms with van der Waals surface area (Å²) in [5.74, 6) is 2.03. The molecule has 29 heavy (non-hydrogen) atoms. The van der Waals surface area contributed by atoms with Crippen molar-refractivity contribution in [3.63, 3.8) is 0 Å². The highest BCUT2D eigenvalue weighted by Gasteiger charge is 2.38. The van der Waals surface area contributed by atoms with Crippen LogP contribution in [0.15, 0.2) is 48.8 Å². The first-order valence-electron chi connectivity index (χ1n) is 9.73. The van der Waals surface area contributed by atoms with Gasteiger partial charge in [0, 0.05) is 30.4 Å². The van der Waals surface area contributed by atoms with Crippen molar-refractivity contribution in [2.75, 3.05) is 18.2 Å². The zero-order valence-corrected chi connectivity index (χ0v) is 17.4. The van der Waals surface area contributed by atoms with Crippen LogP contribution >= 0.6 is 0 Å². The second kappa shape index (κ2) is 7.37. The molecular weight excluding hydrogens is 362 g/mol. The molecule has 1 aliphatic rings. The Kier molecular flexibility index (Phi) is 4.88. The van der Waals surface area contributed by atoms with E-state index in [1.54, 1.807) is 13.2 Å². The molecule has 0 fully saturated rings. The van der Waals surface area contributed by atoms with E-state index < -0.39 is 0 Å². The predicted octanol–water partition coefficient (Wildman–Crippen LogP) is 4.37. The van der Waals surface area contributed by atoms with Crippen LogP contribution in [0.5, 0.6) is 5.75 Å². The van der Waals surface area contributed by atoms with Gasteiger partial charge in [0.15, 0.2) is 0 Å². The second-order valence-electron chi connectivity index (χ2n) is 8.04. The number of ether oxygens (including phenoxy) is 1. The first-order valence-corrected chi connectivity index (χ1v) is 9.73. The largest absolute Gasteiger partial charge is 0.497 e. The average molecular weight is 390 g/mol. The number of nitrogens with two attached hydrogens (primary N) is 1. The van der Waals surface area contributed by atoms with Crippen LogP contribution < -0.4 is 15.8 Å². The summed E-state index contributed by atoms with van der Waals surface area (Å²) in [4.78, 5) is 10.7. The number of benzene rings is 2. The van der Waals surface area contributed by atoms with Gasteiger partial charge in [-0.3, -0.25) is 4.90 Å². The van der Waals surface area contributed by atoms with Crippen molar-refractivity contribution >= 4 is 17.3 Å². The number of hydrogen-bond acceptors (Lipinski definition) is 6. The lowest BCUT2D eigenvalue weighted by Gasteiger charge is -2.32. The Bertz CT molecular complexity index is 1030. The van der Waals surface area contributed by atoms with Gasteiger partial charge in [0.05, 0.1) is 7.11 Å². The number of aromatic nitrogens is 2. The van der Waals surface area contributed by atoms with Gasteiger partial charge in [0.2, 0.25) is 0 Å². The highest BCUT2D eigenvalue weighted by molar-refractivity contribution is 5.63. The molecule has 150 valence electrons. The maximum atomic E-state index is 5.78. The minimum absolute atomic E-state index is 0.0809. The van der Waals surface area contributed by atoms with Crippen LogP contribution in [0.1, 0.15) is 36.1 Å². The highest BCUT2D eigenvalue weighted by Crippen LogP contribution is 2.42. The van der Waals surface area contributed by atoms with Crippen LogP contribution in [-0.2, 0) is 18.6 Å². The Balaban J connectivity index is 1.60. The summed E-state index contributed by atoms with van der Waals surface area (Å²) in [6.07, 6.45) is 1.47. The van der Waals surface area contributed by atoms with E-state index in [1.807, 2.05) is 12.1 Å². The van der Waals surface area contributed by atoms with Crippen molar-refractivity contribution in [1.82, 2.24) is 14.9 Å². The number of hydrogen-bond donors (Lipinski definition) is 2. The van der Waals surface area contributed by atoms with E-state index in [0.29, 0.717) is 11.6 Å². The number of nitrogen functional groups attached to an aromatic ring is 1. The van der Waals surface area contributed by atoms with Crippen LogP contribution in [0.3, 0.4) is 0 Å². The molecule has 0 saturated carbocycles. The third kappa shape index (κ3) is 3.76.